The van der Waals surface area contributed by atoms with Gasteiger partial charge in [-0.05, 0) is 47.5 Å². The highest BCUT2D eigenvalue weighted by molar-refractivity contribution is 6.08. The van der Waals surface area contributed by atoms with Crippen LogP contribution in [0.5, 0.6) is 5.75 Å². The molecule has 0 aliphatic carbocycles. The lowest BCUT2D eigenvalue weighted by Gasteiger charge is -2.14. The van der Waals surface area contributed by atoms with Gasteiger partial charge in [-0.3, -0.25) is 9.78 Å². The Hall–Kier alpha value is -4.39. The van der Waals surface area contributed by atoms with Crippen molar-refractivity contribution in [3.63, 3.8) is 0 Å². The Morgan fingerprint density at radius 3 is 2.37 bits per heavy atom. The van der Waals surface area contributed by atoms with Crippen molar-refractivity contribution in [3.05, 3.63) is 84.1 Å². The summed E-state index contributed by atoms with van der Waals surface area (Å²) in [6.45, 7) is 0. The van der Waals surface area contributed by atoms with Gasteiger partial charge in [0.05, 0.1) is 22.3 Å². The van der Waals surface area contributed by atoms with Gasteiger partial charge in [-0.25, -0.2) is 4.79 Å². The van der Waals surface area contributed by atoms with Crippen molar-refractivity contribution >= 4 is 34.2 Å². The summed E-state index contributed by atoms with van der Waals surface area (Å²) in [6, 6.07) is 18.6. The number of aromatic nitrogens is 1. The number of hydrogen-bond acceptors (Lipinski definition) is 5. The fraction of sp³-hybridized carbons (Fsp3) is 0. The first-order valence-electron chi connectivity index (χ1n) is 9.05. The Kier molecular flexibility index (Phi) is 4.77. The summed E-state index contributed by atoms with van der Waals surface area (Å²) in [5.41, 5.74) is 9.23. The van der Waals surface area contributed by atoms with E-state index in [1.165, 1.54) is 18.3 Å². The van der Waals surface area contributed by atoms with Gasteiger partial charge in [0.1, 0.15) is 5.75 Å². The minimum Gasteiger partial charge on any atom is -0.508 e. The van der Waals surface area contributed by atoms with Crippen LogP contribution in [0.15, 0.2) is 72.9 Å². The number of nitrogens with two attached hydrogens (primary N) is 1. The number of fused-ring (bicyclic) bond motifs is 1. The van der Waals surface area contributed by atoms with E-state index in [9.17, 15) is 19.8 Å². The summed E-state index contributed by atoms with van der Waals surface area (Å²) in [4.78, 5) is 27.6. The van der Waals surface area contributed by atoms with E-state index in [1.807, 2.05) is 18.2 Å². The first-order chi connectivity index (χ1) is 14.4. The number of amides is 1. The van der Waals surface area contributed by atoms with Crippen LogP contribution < -0.4 is 11.1 Å². The fourth-order valence-corrected chi connectivity index (χ4v) is 3.22. The molecule has 0 radical (unpaired) electrons. The Labute approximate surface area is 171 Å². The molecule has 7 nitrogen and oxygen atoms in total. The zero-order valence-electron chi connectivity index (χ0n) is 15.7. The van der Waals surface area contributed by atoms with Gasteiger partial charge in [-0.1, -0.05) is 30.3 Å². The molecule has 0 saturated heterocycles. The van der Waals surface area contributed by atoms with Crippen molar-refractivity contribution in [1.29, 1.82) is 0 Å². The van der Waals surface area contributed by atoms with Gasteiger partial charge >= 0.3 is 5.97 Å². The lowest BCUT2D eigenvalue weighted by Crippen LogP contribution is -2.14. The van der Waals surface area contributed by atoms with Gasteiger partial charge in [-0.2, -0.15) is 0 Å². The number of hydrogen-bond donors (Lipinski definition) is 4. The minimum absolute atomic E-state index is 0.119. The lowest BCUT2D eigenvalue weighted by atomic mass is 10.0. The molecule has 5 N–H and O–H groups in total. The van der Waals surface area contributed by atoms with Crippen molar-refractivity contribution in [2.75, 3.05) is 5.32 Å². The monoisotopic (exact) mass is 399 g/mol. The van der Waals surface area contributed by atoms with Gasteiger partial charge in [0.25, 0.3) is 5.91 Å². The molecule has 1 amide bonds. The smallest absolute Gasteiger partial charge is 0.335 e. The molecular weight excluding hydrogens is 382 g/mol. The molecule has 30 heavy (non-hydrogen) atoms. The molecule has 0 unspecified atom stereocenters. The van der Waals surface area contributed by atoms with Crippen molar-refractivity contribution in [1.82, 2.24) is 4.98 Å². The van der Waals surface area contributed by atoms with Crippen LogP contribution in [0.1, 0.15) is 20.7 Å². The molecule has 0 atom stereocenters. The van der Waals surface area contributed by atoms with Crippen LogP contribution in [-0.2, 0) is 0 Å². The van der Waals surface area contributed by atoms with Gasteiger partial charge in [0.2, 0.25) is 0 Å². The average Bonchev–Trinajstić information content (AvgIpc) is 2.74. The van der Waals surface area contributed by atoms with Gasteiger partial charge in [0, 0.05) is 17.3 Å². The second kappa shape index (κ2) is 7.56. The Balaban J connectivity index is 1.83. The molecule has 1 heterocycles. The summed E-state index contributed by atoms with van der Waals surface area (Å²) < 4.78 is 0. The Morgan fingerprint density at radius 2 is 1.67 bits per heavy atom. The third-order valence-electron chi connectivity index (χ3n) is 4.71. The first kappa shape index (κ1) is 18.9. The van der Waals surface area contributed by atoms with Crippen LogP contribution in [0.2, 0.25) is 0 Å². The number of phenols is 1. The van der Waals surface area contributed by atoms with E-state index in [2.05, 4.69) is 10.3 Å². The maximum atomic E-state index is 12.0. The van der Waals surface area contributed by atoms with Crippen LogP contribution >= 0.6 is 0 Å². The maximum Gasteiger partial charge on any atom is 0.335 e. The molecule has 0 aliphatic heterocycles. The molecule has 0 fully saturated rings. The van der Waals surface area contributed by atoms with E-state index >= 15 is 0 Å². The second-order valence-electron chi connectivity index (χ2n) is 6.70. The first-order valence-corrected chi connectivity index (χ1v) is 9.05. The Morgan fingerprint density at radius 1 is 0.933 bits per heavy atom. The number of carboxylic acid groups (broad SMARTS) is 1. The Bertz CT molecular complexity index is 1280. The summed E-state index contributed by atoms with van der Waals surface area (Å²) >= 11 is 0. The molecule has 1 aromatic heterocycles. The van der Waals surface area contributed by atoms with E-state index in [1.54, 1.807) is 36.4 Å². The van der Waals surface area contributed by atoms with E-state index in [0.717, 1.165) is 11.1 Å². The molecule has 4 aromatic rings. The topological polar surface area (TPSA) is 126 Å². The fourth-order valence-electron chi connectivity index (χ4n) is 3.22. The average molecular weight is 399 g/mol. The zero-order chi connectivity index (χ0) is 21.3. The third kappa shape index (κ3) is 3.64. The third-order valence-corrected chi connectivity index (χ3v) is 4.71. The maximum absolute atomic E-state index is 12.0. The molecular formula is C23H17N3O4. The largest absolute Gasteiger partial charge is 0.508 e. The lowest BCUT2D eigenvalue weighted by molar-refractivity contribution is 0.0696. The summed E-state index contributed by atoms with van der Waals surface area (Å²) in [5, 5.41) is 22.5. The van der Waals surface area contributed by atoms with Gasteiger partial charge < -0.3 is 21.3 Å². The molecule has 0 aliphatic rings. The highest BCUT2D eigenvalue weighted by Crippen LogP contribution is 2.32. The number of carbonyl (C=O) groups excluding carboxylic acids is 1. The number of nitrogens with zero attached hydrogens (tertiary/aromatic N) is 1. The second-order valence-corrected chi connectivity index (χ2v) is 6.70. The molecule has 7 heteroatoms. The summed E-state index contributed by atoms with van der Waals surface area (Å²) in [5.74, 6) is -1.52. The normalized spacial score (nSPS) is 10.7. The highest BCUT2D eigenvalue weighted by Gasteiger charge is 2.15. The van der Waals surface area contributed by atoms with Crippen molar-refractivity contribution in [2.24, 2.45) is 5.73 Å². The SMILES string of the molecule is NC(=O)c1cnc2cc(-c3ccc(O)cc3)ccc2c1Nc1cccc(C(=O)O)c1. The number of aromatic carboxylic acids is 1. The van der Waals surface area contributed by atoms with Crippen LogP contribution in [0.25, 0.3) is 22.0 Å². The number of carbonyl (C=O) groups is 2. The predicted molar refractivity (Wildman–Crippen MR) is 114 cm³/mol. The number of benzene rings is 3. The number of rotatable bonds is 5. The number of anilines is 2. The quantitative estimate of drug-likeness (QED) is 0.399. The molecule has 148 valence electrons. The number of phenolic OH excluding ortho intramolecular Hbond substituents is 1. The number of carboxylic acids is 1. The predicted octanol–water partition coefficient (Wildman–Crippen LogP) is 4.15. The van der Waals surface area contributed by atoms with E-state index in [0.29, 0.717) is 22.3 Å². The van der Waals surface area contributed by atoms with Crippen molar-refractivity contribution in [3.8, 4) is 16.9 Å². The van der Waals surface area contributed by atoms with Crippen LogP contribution in [0.4, 0.5) is 11.4 Å². The van der Waals surface area contributed by atoms with E-state index < -0.39 is 11.9 Å². The number of nitrogens with one attached hydrogen (secondary N) is 1. The number of primary amides is 1. The summed E-state index contributed by atoms with van der Waals surface area (Å²) in [7, 11) is 0. The highest BCUT2D eigenvalue weighted by atomic mass is 16.4. The number of aromatic hydroxyl groups is 1. The molecule has 0 spiro atoms. The van der Waals surface area contributed by atoms with Crippen LogP contribution in [0, 0.1) is 0 Å². The molecule has 4 rings (SSSR count). The van der Waals surface area contributed by atoms with Gasteiger partial charge in [-0.15, -0.1) is 0 Å². The van der Waals surface area contributed by atoms with Crippen molar-refractivity contribution < 1.29 is 19.8 Å². The standard InChI is InChI=1S/C23H17N3O4/c24-22(28)19-12-25-20-11-14(13-4-7-17(27)8-5-13)6-9-18(20)21(19)26-16-3-1-2-15(10-16)23(29)30/h1-12,27H,(H2,24,28)(H,25,26)(H,29,30). The van der Waals surface area contributed by atoms with E-state index in [-0.39, 0.29) is 16.9 Å². The summed E-state index contributed by atoms with van der Waals surface area (Å²) in [6.07, 6.45) is 1.40. The number of pyridine rings is 1. The molecule has 3 aromatic carbocycles. The zero-order valence-corrected chi connectivity index (χ0v) is 15.7. The molecule has 0 saturated carbocycles. The van der Waals surface area contributed by atoms with Gasteiger partial charge in [0.15, 0.2) is 0 Å². The minimum atomic E-state index is -1.05. The van der Waals surface area contributed by atoms with Crippen LogP contribution in [0.3, 0.4) is 0 Å². The van der Waals surface area contributed by atoms with Crippen LogP contribution in [-0.4, -0.2) is 27.1 Å². The van der Waals surface area contributed by atoms with Crippen molar-refractivity contribution in [2.45, 2.75) is 0 Å². The molecule has 0 bridgehead atoms. The van der Waals surface area contributed by atoms with E-state index in [4.69, 9.17) is 5.73 Å².